The first-order valence-electron chi connectivity index (χ1n) is 10.9. The van der Waals surface area contributed by atoms with Crippen LogP contribution in [-0.2, 0) is 14.3 Å². The summed E-state index contributed by atoms with van der Waals surface area (Å²) in [6, 6.07) is 15.8. The molecule has 162 valence electrons. The molecule has 0 aliphatic carbocycles. The van der Waals surface area contributed by atoms with Crippen molar-refractivity contribution in [3.05, 3.63) is 65.4 Å². The third kappa shape index (κ3) is 4.49. The van der Waals surface area contributed by atoms with Gasteiger partial charge >= 0.3 is 0 Å². The number of ether oxygens (including phenoxy) is 1. The van der Waals surface area contributed by atoms with Crippen LogP contribution in [0.1, 0.15) is 30.4 Å². The largest absolute Gasteiger partial charge is 0.383 e. The summed E-state index contributed by atoms with van der Waals surface area (Å²) in [6.45, 7) is 4.68. The Morgan fingerprint density at radius 3 is 2.23 bits per heavy atom. The van der Waals surface area contributed by atoms with E-state index in [2.05, 4.69) is 22.3 Å². The second-order valence-electron chi connectivity index (χ2n) is 8.09. The van der Waals surface area contributed by atoms with E-state index in [9.17, 15) is 9.59 Å². The molecular weight excluding hydrogens is 390 g/mol. The van der Waals surface area contributed by atoms with Crippen molar-refractivity contribution < 1.29 is 14.3 Å². The molecule has 0 spiro atoms. The Labute approximate surface area is 183 Å². The summed E-state index contributed by atoms with van der Waals surface area (Å²) >= 11 is 0. The normalized spacial score (nSPS) is 17.0. The molecule has 2 aliphatic rings. The molecule has 31 heavy (non-hydrogen) atoms. The van der Waals surface area contributed by atoms with E-state index in [1.165, 1.54) is 29.8 Å². The molecule has 0 atom stereocenters. The third-order valence-corrected chi connectivity index (χ3v) is 5.89. The number of nitrogens with one attached hydrogen (secondary N) is 1. The Kier molecular flexibility index (Phi) is 6.37. The fourth-order valence-electron chi connectivity index (χ4n) is 4.12. The van der Waals surface area contributed by atoms with Crippen molar-refractivity contribution in [1.82, 2.24) is 4.90 Å². The van der Waals surface area contributed by atoms with E-state index in [0.29, 0.717) is 17.9 Å². The van der Waals surface area contributed by atoms with Gasteiger partial charge in [-0.05, 0) is 56.0 Å². The first-order chi connectivity index (χ1) is 15.1. The minimum atomic E-state index is -0.322. The highest BCUT2D eigenvalue weighted by Crippen LogP contribution is 2.31. The number of carbonyl (C=O) groups excluding carboxylic acids is 2. The van der Waals surface area contributed by atoms with Crippen molar-refractivity contribution in [3.8, 4) is 0 Å². The Balaban J connectivity index is 1.62. The van der Waals surface area contributed by atoms with Crippen molar-refractivity contribution in [2.75, 3.05) is 43.6 Å². The van der Waals surface area contributed by atoms with Crippen LogP contribution >= 0.6 is 0 Å². The number of hydrogen-bond donors (Lipinski definition) is 1. The summed E-state index contributed by atoms with van der Waals surface area (Å²) in [5.74, 6) is -0.615. The summed E-state index contributed by atoms with van der Waals surface area (Å²) in [4.78, 5) is 29.9. The Hall–Kier alpha value is -3.12. The van der Waals surface area contributed by atoms with Crippen molar-refractivity contribution in [3.63, 3.8) is 0 Å². The lowest BCUT2D eigenvalue weighted by Gasteiger charge is -2.28. The molecule has 4 rings (SSSR count). The molecule has 2 aromatic rings. The second kappa shape index (κ2) is 9.35. The number of carbonyl (C=O) groups is 2. The van der Waals surface area contributed by atoms with Crippen molar-refractivity contribution in [1.29, 1.82) is 0 Å². The number of methoxy groups -OCH3 is 1. The average Bonchev–Trinajstić information content (AvgIpc) is 3.03. The van der Waals surface area contributed by atoms with Gasteiger partial charge < -0.3 is 15.0 Å². The summed E-state index contributed by atoms with van der Waals surface area (Å²) in [7, 11) is 1.56. The summed E-state index contributed by atoms with van der Waals surface area (Å²) in [5.41, 5.74) is 4.53. The van der Waals surface area contributed by atoms with Gasteiger partial charge in [0.2, 0.25) is 0 Å². The molecule has 0 radical (unpaired) electrons. The zero-order valence-electron chi connectivity index (χ0n) is 18.2. The average molecular weight is 420 g/mol. The number of imide groups is 1. The number of nitrogens with zero attached hydrogens (tertiary/aromatic N) is 2. The van der Waals surface area contributed by atoms with Crippen molar-refractivity contribution >= 4 is 28.8 Å². The highest BCUT2D eigenvalue weighted by Gasteiger charge is 2.38. The molecular formula is C25H29N3O3. The minimum absolute atomic E-state index is 0.225. The molecule has 0 saturated carbocycles. The van der Waals surface area contributed by atoms with E-state index >= 15 is 0 Å². The lowest BCUT2D eigenvalue weighted by Crippen LogP contribution is -2.35. The van der Waals surface area contributed by atoms with Crippen LogP contribution in [0.25, 0.3) is 5.57 Å². The summed E-state index contributed by atoms with van der Waals surface area (Å²) in [5, 5.41) is 3.23. The predicted molar refractivity (Wildman–Crippen MR) is 123 cm³/mol. The van der Waals surface area contributed by atoms with Crippen LogP contribution in [0.3, 0.4) is 0 Å². The highest BCUT2D eigenvalue weighted by atomic mass is 16.5. The van der Waals surface area contributed by atoms with Crippen LogP contribution < -0.4 is 10.2 Å². The summed E-state index contributed by atoms with van der Waals surface area (Å²) in [6.07, 6.45) is 3.74. The molecule has 2 aromatic carbocycles. The molecule has 6 heteroatoms. The van der Waals surface area contributed by atoms with Gasteiger partial charge in [0.05, 0.1) is 18.7 Å². The molecule has 1 fully saturated rings. The van der Waals surface area contributed by atoms with Gasteiger partial charge in [0, 0.05) is 31.6 Å². The van der Waals surface area contributed by atoms with Crippen molar-refractivity contribution in [2.45, 2.75) is 26.2 Å². The standard InChI is InChI=1S/C25H29N3O3/c1-18-6-8-19(9-7-18)22-23(25(30)28(24(22)29)16-17-31-2)26-20-10-12-21(13-11-20)27-14-4-3-5-15-27/h6-13,26H,3-5,14-17H2,1-2H3. The Morgan fingerprint density at radius 2 is 1.58 bits per heavy atom. The zero-order valence-corrected chi connectivity index (χ0v) is 18.2. The van der Waals surface area contributed by atoms with Crippen LogP contribution in [0.15, 0.2) is 54.2 Å². The number of hydrogen-bond acceptors (Lipinski definition) is 5. The highest BCUT2D eigenvalue weighted by molar-refractivity contribution is 6.36. The van der Waals surface area contributed by atoms with Gasteiger partial charge in [0.1, 0.15) is 5.70 Å². The van der Waals surface area contributed by atoms with E-state index in [1.54, 1.807) is 7.11 Å². The van der Waals surface area contributed by atoms with E-state index in [0.717, 1.165) is 29.9 Å². The van der Waals surface area contributed by atoms with Gasteiger partial charge in [-0.2, -0.15) is 0 Å². The maximum absolute atomic E-state index is 13.1. The lowest BCUT2D eigenvalue weighted by molar-refractivity contribution is -0.137. The Morgan fingerprint density at radius 1 is 0.903 bits per heavy atom. The predicted octanol–water partition coefficient (Wildman–Crippen LogP) is 3.82. The van der Waals surface area contributed by atoms with E-state index in [1.807, 2.05) is 43.3 Å². The first-order valence-corrected chi connectivity index (χ1v) is 10.9. The van der Waals surface area contributed by atoms with Gasteiger partial charge in [0.15, 0.2) is 0 Å². The first kappa shape index (κ1) is 21.1. The number of amides is 2. The molecule has 2 amide bonds. The maximum atomic E-state index is 13.1. The number of aryl methyl sites for hydroxylation is 1. The fraction of sp³-hybridized carbons (Fsp3) is 0.360. The van der Waals surface area contributed by atoms with Crippen LogP contribution in [0.2, 0.25) is 0 Å². The van der Waals surface area contributed by atoms with Crippen LogP contribution in [-0.4, -0.2) is 50.1 Å². The topological polar surface area (TPSA) is 61.9 Å². The number of piperidine rings is 1. The lowest BCUT2D eigenvalue weighted by atomic mass is 10.0. The summed E-state index contributed by atoms with van der Waals surface area (Å²) < 4.78 is 5.09. The monoisotopic (exact) mass is 419 g/mol. The number of benzene rings is 2. The quantitative estimate of drug-likeness (QED) is 0.692. The van der Waals surface area contributed by atoms with Gasteiger partial charge in [-0.1, -0.05) is 29.8 Å². The molecule has 1 N–H and O–H groups in total. The van der Waals surface area contributed by atoms with Gasteiger partial charge in [-0.25, -0.2) is 0 Å². The molecule has 2 aliphatic heterocycles. The SMILES string of the molecule is COCCN1C(=O)C(Nc2ccc(N3CCCCC3)cc2)=C(c2ccc(C)cc2)C1=O. The van der Waals surface area contributed by atoms with Gasteiger partial charge in [0.25, 0.3) is 11.8 Å². The number of rotatable bonds is 7. The third-order valence-electron chi connectivity index (χ3n) is 5.89. The van der Waals surface area contributed by atoms with Gasteiger partial charge in [-0.3, -0.25) is 14.5 Å². The molecule has 0 bridgehead atoms. The van der Waals surface area contributed by atoms with Crippen LogP contribution in [0.4, 0.5) is 11.4 Å². The molecule has 0 aromatic heterocycles. The van der Waals surface area contributed by atoms with Crippen LogP contribution in [0, 0.1) is 6.92 Å². The van der Waals surface area contributed by atoms with E-state index < -0.39 is 0 Å². The van der Waals surface area contributed by atoms with Crippen LogP contribution in [0.5, 0.6) is 0 Å². The molecule has 0 unspecified atom stereocenters. The Bertz CT molecular complexity index is 974. The zero-order chi connectivity index (χ0) is 21.8. The maximum Gasteiger partial charge on any atom is 0.278 e. The van der Waals surface area contributed by atoms with Gasteiger partial charge in [-0.15, -0.1) is 0 Å². The minimum Gasteiger partial charge on any atom is -0.383 e. The second-order valence-corrected chi connectivity index (χ2v) is 8.09. The fourth-order valence-corrected chi connectivity index (χ4v) is 4.12. The van der Waals surface area contributed by atoms with E-state index in [4.69, 9.17) is 4.74 Å². The molecule has 6 nitrogen and oxygen atoms in total. The molecule has 2 heterocycles. The van der Waals surface area contributed by atoms with E-state index in [-0.39, 0.29) is 18.4 Å². The van der Waals surface area contributed by atoms with Crippen molar-refractivity contribution in [2.24, 2.45) is 0 Å². The number of anilines is 2. The molecule has 1 saturated heterocycles. The smallest absolute Gasteiger partial charge is 0.278 e.